The van der Waals surface area contributed by atoms with Gasteiger partial charge in [0, 0.05) is 0 Å². The molecule has 0 fully saturated rings. The van der Waals surface area contributed by atoms with Crippen LogP contribution in [0.5, 0.6) is 5.75 Å². The first-order valence-electron chi connectivity index (χ1n) is 8.14. The normalized spacial score (nSPS) is 11.4. The maximum Gasteiger partial charge on any atom is 0.277 e. The lowest BCUT2D eigenvalue weighted by Gasteiger charge is -2.08. The minimum absolute atomic E-state index is 0.0701. The van der Waals surface area contributed by atoms with Gasteiger partial charge in [-0.1, -0.05) is 54.6 Å². The third-order valence-electron chi connectivity index (χ3n) is 3.97. The number of hydrazone groups is 1. The smallest absolute Gasteiger partial charge is 0.277 e. The minimum Gasteiger partial charge on any atom is -0.483 e. The molecule has 0 heterocycles. The van der Waals surface area contributed by atoms with Crippen molar-refractivity contribution in [2.75, 3.05) is 6.61 Å². The molecule has 0 atom stereocenters. The van der Waals surface area contributed by atoms with E-state index >= 15 is 0 Å². The molecular weight excluding hydrogens is 312 g/mol. The van der Waals surface area contributed by atoms with Crippen molar-refractivity contribution in [2.45, 2.75) is 13.8 Å². The van der Waals surface area contributed by atoms with Crippen molar-refractivity contribution in [2.24, 2.45) is 5.10 Å². The van der Waals surface area contributed by atoms with E-state index in [1.54, 1.807) is 0 Å². The Bertz CT molecular complexity index is 932. The Kier molecular flexibility index (Phi) is 5.09. The number of carbonyl (C=O) groups is 1. The van der Waals surface area contributed by atoms with Crippen molar-refractivity contribution in [1.29, 1.82) is 0 Å². The van der Waals surface area contributed by atoms with Gasteiger partial charge in [-0.3, -0.25) is 4.79 Å². The number of para-hydroxylation sites is 1. The Hall–Kier alpha value is -3.14. The molecule has 3 aromatic carbocycles. The van der Waals surface area contributed by atoms with E-state index in [2.05, 4.69) is 28.7 Å². The summed E-state index contributed by atoms with van der Waals surface area (Å²) in [5, 5.41) is 6.49. The molecule has 4 heteroatoms. The van der Waals surface area contributed by atoms with Crippen LogP contribution in [0.25, 0.3) is 10.8 Å². The first-order valence-corrected chi connectivity index (χ1v) is 8.14. The van der Waals surface area contributed by atoms with Crippen molar-refractivity contribution >= 4 is 22.4 Å². The van der Waals surface area contributed by atoms with Crippen LogP contribution >= 0.6 is 0 Å². The lowest BCUT2D eigenvalue weighted by Crippen LogP contribution is -2.25. The van der Waals surface area contributed by atoms with Crippen LogP contribution in [-0.2, 0) is 4.79 Å². The molecule has 0 unspecified atom stereocenters. The molecule has 3 aromatic rings. The molecule has 25 heavy (non-hydrogen) atoms. The number of nitrogens with one attached hydrogen (secondary N) is 1. The van der Waals surface area contributed by atoms with Crippen molar-refractivity contribution in [3.8, 4) is 5.75 Å². The highest BCUT2D eigenvalue weighted by atomic mass is 16.5. The monoisotopic (exact) mass is 332 g/mol. The van der Waals surface area contributed by atoms with Gasteiger partial charge in [0.15, 0.2) is 6.61 Å². The van der Waals surface area contributed by atoms with Crippen molar-refractivity contribution < 1.29 is 9.53 Å². The summed E-state index contributed by atoms with van der Waals surface area (Å²) in [4.78, 5) is 11.9. The van der Waals surface area contributed by atoms with Crippen LogP contribution in [-0.4, -0.2) is 18.2 Å². The summed E-state index contributed by atoms with van der Waals surface area (Å²) in [5.41, 5.74) is 5.25. The average molecular weight is 332 g/mol. The summed E-state index contributed by atoms with van der Waals surface area (Å²) in [7, 11) is 0. The fourth-order valence-electron chi connectivity index (χ4n) is 2.52. The number of fused-ring (bicyclic) bond motifs is 1. The van der Waals surface area contributed by atoms with Crippen LogP contribution in [0.4, 0.5) is 0 Å². The summed E-state index contributed by atoms with van der Waals surface area (Å²) >= 11 is 0. The minimum atomic E-state index is -0.289. The highest BCUT2D eigenvalue weighted by Crippen LogP contribution is 2.17. The highest BCUT2D eigenvalue weighted by molar-refractivity contribution is 6.02. The molecule has 0 aliphatic carbocycles. The number of rotatable bonds is 5. The zero-order valence-electron chi connectivity index (χ0n) is 14.3. The van der Waals surface area contributed by atoms with Crippen molar-refractivity contribution in [1.82, 2.24) is 5.43 Å². The van der Waals surface area contributed by atoms with Crippen LogP contribution in [0.15, 0.2) is 71.8 Å². The van der Waals surface area contributed by atoms with E-state index in [1.165, 1.54) is 5.39 Å². The topological polar surface area (TPSA) is 50.7 Å². The molecule has 0 aliphatic heterocycles. The van der Waals surface area contributed by atoms with Crippen LogP contribution in [0.1, 0.15) is 18.1 Å². The summed E-state index contributed by atoms with van der Waals surface area (Å²) < 4.78 is 5.51. The van der Waals surface area contributed by atoms with Gasteiger partial charge in [-0.15, -0.1) is 0 Å². The molecule has 0 aromatic heterocycles. The Morgan fingerprint density at radius 1 is 1.00 bits per heavy atom. The summed E-state index contributed by atoms with van der Waals surface area (Å²) in [6, 6.07) is 21.8. The maximum absolute atomic E-state index is 11.9. The van der Waals surface area contributed by atoms with Gasteiger partial charge in [0.2, 0.25) is 0 Å². The molecule has 0 saturated heterocycles. The van der Waals surface area contributed by atoms with Gasteiger partial charge in [0.1, 0.15) is 5.75 Å². The molecule has 0 spiro atoms. The molecule has 4 nitrogen and oxygen atoms in total. The molecule has 126 valence electrons. The van der Waals surface area contributed by atoms with Crippen LogP contribution in [0.2, 0.25) is 0 Å². The Morgan fingerprint density at radius 2 is 1.72 bits per heavy atom. The zero-order valence-corrected chi connectivity index (χ0v) is 14.3. The third kappa shape index (κ3) is 4.23. The quantitative estimate of drug-likeness (QED) is 0.566. The molecule has 3 rings (SSSR count). The standard InChI is InChI=1S/C21H20N2O2/c1-15-7-3-6-10-20(15)25-14-21(24)23-22-16(2)18-12-11-17-8-4-5-9-19(17)13-18/h3-13H,14H2,1-2H3,(H,23,24)/b22-16+. The van der Waals surface area contributed by atoms with E-state index in [1.807, 2.05) is 62.4 Å². The number of nitrogens with zero attached hydrogens (tertiary/aromatic N) is 1. The van der Waals surface area contributed by atoms with E-state index < -0.39 is 0 Å². The molecular formula is C21H20N2O2. The summed E-state index contributed by atoms with van der Waals surface area (Å²) in [5.74, 6) is 0.413. The van der Waals surface area contributed by atoms with E-state index in [-0.39, 0.29) is 12.5 Å². The molecule has 1 N–H and O–H groups in total. The van der Waals surface area contributed by atoms with E-state index in [9.17, 15) is 4.79 Å². The number of hydrogen-bond acceptors (Lipinski definition) is 3. The largest absolute Gasteiger partial charge is 0.483 e. The van der Waals surface area contributed by atoms with Crippen LogP contribution in [0, 0.1) is 6.92 Å². The van der Waals surface area contributed by atoms with Gasteiger partial charge in [-0.2, -0.15) is 5.10 Å². The summed E-state index contributed by atoms with van der Waals surface area (Å²) in [6.45, 7) is 3.74. The first kappa shape index (κ1) is 16.7. The molecule has 0 radical (unpaired) electrons. The molecule has 0 saturated carbocycles. The molecule has 0 bridgehead atoms. The number of ether oxygens (including phenoxy) is 1. The number of benzene rings is 3. The van der Waals surface area contributed by atoms with E-state index in [0.29, 0.717) is 5.75 Å². The summed E-state index contributed by atoms with van der Waals surface area (Å²) in [6.07, 6.45) is 0. The second-order valence-electron chi connectivity index (χ2n) is 5.85. The van der Waals surface area contributed by atoms with Crippen LogP contribution < -0.4 is 10.2 Å². The highest BCUT2D eigenvalue weighted by Gasteiger charge is 2.05. The predicted octanol–water partition coefficient (Wildman–Crippen LogP) is 4.07. The first-order chi connectivity index (χ1) is 12.1. The predicted molar refractivity (Wildman–Crippen MR) is 101 cm³/mol. The second-order valence-corrected chi connectivity index (χ2v) is 5.85. The number of carbonyl (C=O) groups excluding carboxylic acids is 1. The van der Waals surface area contributed by atoms with E-state index in [0.717, 1.165) is 22.2 Å². The van der Waals surface area contributed by atoms with Gasteiger partial charge in [-0.05, 0) is 47.9 Å². The Morgan fingerprint density at radius 3 is 2.52 bits per heavy atom. The third-order valence-corrected chi connectivity index (χ3v) is 3.97. The number of amides is 1. The fraction of sp³-hybridized carbons (Fsp3) is 0.143. The van der Waals surface area contributed by atoms with Crippen molar-refractivity contribution in [3.63, 3.8) is 0 Å². The van der Waals surface area contributed by atoms with Crippen molar-refractivity contribution in [3.05, 3.63) is 77.9 Å². The average Bonchev–Trinajstić information content (AvgIpc) is 2.65. The van der Waals surface area contributed by atoms with Gasteiger partial charge in [-0.25, -0.2) is 5.43 Å². The maximum atomic E-state index is 11.9. The second kappa shape index (κ2) is 7.62. The Labute approximate surface area is 147 Å². The molecule has 0 aliphatic rings. The SMILES string of the molecule is C/C(=N\NC(=O)COc1ccccc1C)c1ccc2ccccc2c1. The zero-order chi connectivity index (χ0) is 17.6. The van der Waals surface area contributed by atoms with Crippen LogP contribution in [0.3, 0.4) is 0 Å². The van der Waals surface area contributed by atoms with Gasteiger partial charge < -0.3 is 4.74 Å². The van der Waals surface area contributed by atoms with E-state index in [4.69, 9.17) is 4.74 Å². The lowest BCUT2D eigenvalue weighted by atomic mass is 10.0. The van der Waals surface area contributed by atoms with Gasteiger partial charge in [0.05, 0.1) is 5.71 Å². The Balaban J connectivity index is 1.62. The fourth-order valence-corrected chi connectivity index (χ4v) is 2.52. The van der Waals surface area contributed by atoms with Gasteiger partial charge >= 0.3 is 0 Å². The molecule has 1 amide bonds. The van der Waals surface area contributed by atoms with Gasteiger partial charge in [0.25, 0.3) is 5.91 Å². The number of aryl methyl sites for hydroxylation is 1. The number of hydrogen-bond donors (Lipinski definition) is 1. The lowest BCUT2D eigenvalue weighted by molar-refractivity contribution is -0.123.